The van der Waals surface area contributed by atoms with Gasteiger partial charge >= 0.3 is 9.28 Å². The van der Waals surface area contributed by atoms with Gasteiger partial charge in [-0.15, -0.1) is 0 Å². The summed E-state index contributed by atoms with van der Waals surface area (Å²) in [5, 5.41) is 3.37. The first-order valence-electron chi connectivity index (χ1n) is 6.53. The Hall–Kier alpha value is 0.0569. The van der Waals surface area contributed by atoms with Crippen LogP contribution in [0.25, 0.3) is 0 Å². The molecule has 1 aliphatic rings. The van der Waals surface area contributed by atoms with Gasteiger partial charge in [0, 0.05) is 39.4 Å². The van der Waals surface area contributed by atoms with Crippen LogP contribution in [-0.2, 0) is 8.85 Å². The molecule has 0 aromatic heterocycles. The van der Waals surface area contributed by atoms with Gasteiger partial charge in [-0.3, -0.25) is 0 Å². The molecule has 0 spiro atoms. The van der Waals surface area contributed by atoms with Crippen molar-refractivity contribution >= 4 is 9.28 Å². The van der Waals surface area contributed by atoms with Gasteiger partial charge in [-0.2, -0.15) is 0 Å². The third kappa shape index (κ3) is 5.96. The maximum atomic E-state index is 5.66. The van der Waals surface area contributed by atoms with Crippen LogP contribution in [0.5, 0.6) is 0 Å². The molecule has 4 nitrogen and oxygen atoms in total. The molecule has 0 aromatic carbocycles. The van der Waals surface area contributed by atoms with Crippen LogP contribution < -0.4 is 5.32 Å². The fourth-order valence-corrected chi connectivity index (χ4v) is 3.69. The molecule has 0 unspecified atom stereocenters. The minimum absolute atomic E-state index is 0.796. The minimum Gasteiger partial charge on any atom is -0.397 e. The Morgan fingerprint density at radius 3 is 2.31 bits per heavy atom. The molecule has 0 saturated carbocycles. The lowest BCUT2D eigenvalue weighted by molar-refractivity contribution is 0.206. The van der Waals surface area contributed by atoms with E-state index in [1.165, 1.54) is 26.1 Å². The molecule has 0 aliphatic carbocycles. The number of rotatable bonds is 8. The fourth-order valence-electron chi connectivity index (χ4n) is 2.00. The first-order chi connectivity index (χ1) is 7.86. The number of hydrogen-bond acceptors (Lipinski definition) is 4. The fraction of sp³-hybridized carbons (Fsp3) is 1.00. The van der Waals surface area contributed by atoms with Crippen molar-refractivity contribution in [3.8, 4) is 0 Å². The number of nitrogens with zero attached hydrogens (tertiary/aromatic N) is 1. The maximum Gasteiger partial charge on any atom is 0.321 e. The molecule has 1 N–H and O–H groups in total. The average molecular weight is 246 g/mol. The Kier molecular flexibility index (Phi) is 8.05. The molecule has 0 radical (unpaired) electrons. The van der Waals surface area contributed by atoms with Gasteiger partial charge in [0.05, 0.1) is 0 Å². The molecular weight excluding hydrogens is 220 g/mol. The van der Waals surface area contributed by atoms with Crippen LogP contribution in [0.15, 0.2) is 0 Å². The lowest BCUT2D eigenvalue weighted by atomic mass is 10.3. The first-order valence-corrected chi connectivity index (χ1v) is 8.29. The molecule has 1 saturated heterocycles. The summed E-state index contributed by atoms with van der Waals surface area (Å²) in [6.45, 7) is 11.5. The molecular formula is C11H26N2O2Si. The van der Waals surface area contributed by atoms with Crippen molar-refractivity contribution in [2.24, 2.45) is 0 Å². The van der Waals surface area contributed by atoms with Crippen molar-refractivity contribution in [3.63, 3.8) is 0 Å². The Morgan fingerprint density at radius 2 is 1.75 bits per heavy atom. The Bertz CT molecular complexity index is 160. The summed E-state index contributed by atoms with van der Waals surface area (Å²) in [7, 11) is -1.35. The van der Waals surface area contributed by atoms with Crippen LogP contribution in [0.3, 0.4) is 0 Å². The summed E-state index contributed by atoms with van der Waals surface area (Å²) in [6.07, 6.45) is 1.22. The van der Waals surface area contributed by atoms with Gasteiger partial charge < -0.3 is 19.1 Å². The van der Waals surface area contributed by atoms with Gasteiger partial charge in [0.25, 0.3) is 0 Å². The smallest absolute Gasteiger partial charge is 0.321 e. The van der Waals surface area contributed by atoms with Crippen LogP contribution in [0.4, 0.5) is 0 Å². The van der Waals surface area contributed by atoms with Crippen molar-refractivity contribution < 1.29 is 8.85 Å². The van der Waals surface area contributed by atoms with E-state index in [0.29, 0.717) is 0 Å². The lowest BCUT2D eigenvalue weighted by Crippen LogP contribution is -2.43. The summed E-state index contributed by atoms with van der Waals surface area (Å²) < 4.78 is 11.3. The molecule has 0 atom stereocenters. The van der Waals surface area contributed by atoms with Crippen LogP contribution >= 0.6 is 0 Å². The van der Waals surface area contributed by atoms with Gasteiger partial charge in [-0.25, -0.2) is 0 Å². The Labute approximate surface area is 101 Å². The van der Waals surface area contributed by atoms with E-state index in [1.54, 1.807) is 0 Å². The second-order valence-electron chi connectivity index (χ2n) is 4.07. The first kappa shape index (κ1) is 14.1. The van der Waals surface area contributed by atoms with E-state index >= 15 is 0 Å². The summed E-state index contributed by atoms with van der Waals surface area (Å²) >= 11 is 0. The molecule has 1 rings (SSSR count). The van der Waals surface area contributed by atoms with E-state index in [9.17, 15) is 0 Å². The molecule has 5 heteroatoms. The molecule has 0 bridgehead atoms. The van der Waals surface area contributed by atoms with Crippen LogP contribution in [-0.4, -0.2) is 60.1 Å². The van der Waals surface area contributed by atoms with Crippen LogP contribution in [0.1, 0.15) is 20.3 Å². The summed E-state index contributed by atoms with van der Waals surface area (Å²) in [6, 6.07) is 1.14. The van der Waals surface area contributed by atoms with E-state index in [1.807, 2.05) is 0 Å². The molecule has 1 aliphatic heterocycles. The SMILES string of the molecule is CCO[SiH](CCCN1CCNCC1)OCC. The largest absolute Gasteiger partial charge is 0.397 e. The minimum atomic E-state index is -1.35. The zero-order chi connectivity index (χ0) is 11.6. The predicted molar refractivity (Wildman–Crippen MR) is 69.1 cm³/mol. The monoisotopic (exact) mass is 246 g/mol. The van der Waals surface area contributed by atoms with E-state index in [-0.39, 0.29) is 0 Å². The standard InChI is InChI=1S/C11H26N2O2Si/c1-3-14-16(15-4-2)11-5-8-13-9-6-12-7-10-13/h12,16H,3-11H2,1-2H3. The van der Waals surface area contributed by atoms with Gasteiger partial charge in [-0.05, 0) is 32.9 Å². The normalized spacial score (nSPS) is 18.2. The average Bonchev–Trinajstić information content (AvgIpc) is 2.31. The lowest BCUT2D eigenvalue weighted by Gasteiger charge is -2.27. The number of piperazine rings is 1. The molecule has 96 valence electrons. The van der Waals surface area contributed by atoms with Crippen molar-refractivity contribution in [2.45, 2.75) is 26.3 Å². The van der Waals surface area contributed by atoms with Gasteiger partial charge in [0.2, 0.25) is 0 Å². The molecule has 1 heterocycles. The highest BCUT2D eigenvalue weighted by Crippen LogP contribution is 2.04. The highest BCUT2D eigenvalue weighted by molar-refractivity contribution is 6.44. The molecule has 0 aromatic rings. The topological polar surface area (TPSA) is 33.7 Å². The Morgan fingerprint density at radius 1 is 1.12 bits per heavy atom. The highest BCUT2D eigenvalue weighted by atomic mass is 28.3. The van der Waals surface area contributed by atoms with E-state index in [2.05, 4.69) is 24.1 Å². The van der Waals surface area contributed by atoms with Gasteiger partial charge in [-0.1, -0.05) is 0 Å². The third-order valence-corrected chi connectivity index (χ3v) is 5.12. The Balaban J connectivity index is 2.06. The van der Waals surface area contributed by atoms with E-state index in [0.717, 1.165) is 32.3 Å². The predicted octanol–water partition coefficient (Wildman–Crippen LogP) is 0.575. The molecule has 16 heavy (non-hydrogen) atoms. The maximum absolute atomic E-state index is 5.66. The molecule has 1 fully saturated rings. The summed E-state index contributed by atoms with van der Waals surface area (Å²) in [5.41, 5.74) is 0. The number of nitrogens with one attached hydrogen (secondary N) is 1. The second kappa shape index (κ2) is 9.12. The molecule has 0 amide bonds. The van der Waals surface area contributed by atoms with E-state index in [4.69, 9.17) is 8.85 Å². The van der Waals surface area contributed by atoms with Crippen molar-refractivity contribution in [3.05, 3.63) is 0 Å². The second-order valence-corrected chi connectivity index (χ2v) is 6.18. The number of hydrogen-bond donors (Lipinski definition) is 1. The van der Waals surface area contributed by atoms with Crippen molar-refractivity contribution in [1.29, 1.82) is 0 Å². The quantitative estimate of drug-likeness (QED) is 0.635. The zero-order valence-corrected chi connectivity index (χ0v) is 11.9. The van der Waals surface area contributed by atoms with Crippen LogP contribution in [0.2, 0.25) is 6.04 Å². The van der Waals surface area contributed by atoms with Gasteiger partial charge in [0.1, 0.15) is 0 Å². The van der Waals surface area contributed by atoms with Crippen molar-refractivity contribution in [2.75, 3.05) is 45.9 Å². The van der Waals surface area contributed by atoms with Crippen molar-refractivity contribution in [1.82, 2.24) is 10.2 Å². The summed E-state index contributed by atoms with van der Waals surface area (Å²) in [4.78, 5) is 2.53. The van der Waals surface area contributed by atoms with Crippen LogP contribution in [0, 0.1) is 0 Å². The zero-order valence-electron chi connectivity index (χ0n) is 10.7. The van der Waals surface area contributed by atoms with E-state index < -0.39 is 9.28 Å². The summed E-state index contributed by atoms with van der Waals surface area (Å²) in [5.74, 6) is 0. The highest BCUT2D eigenvalue weighted by Gasteiger charge is 2.14. The van der Waals surface area contributed by atoms with Gasteiger partial charge in [0.15, 0.2) is 0 Å². The third-order valence-electron chi connectivity index (χ3n) is 2.83.